The van der Waals surface area contributed by atoms with Crippen molar-refractivity contribution in [3.05, 3.63) is 75.4 Å². The number of halogens is 1. The third kappa shape index (κ3) is 16.5. The van der Waals surface area contributed by atoms with Gasteiger partial charge in [0.2, 0.25) is 0 Å². The molecule has 1 amide bonds. The predicted octanol–water partition coefficient (Wildman–Crippen LogP) is 8.81. The van der Waals surface area contributed by atoms with E-state index < -0.39 is 18.2 Å². The first-order valence-electron chi connectivity index (χ1n) is 16.1. The molecule has 0 bridgehead atoms. The minimum Gasteiger partial charge on any atom is -0.497 e. The van der Waals surface area contributed by atoms with Crippen LogP contribution in [0.4, 0.5) is 4.79 Å². The van der Waals surface area contributed by atoms with Crippen molar-refractivity contribution in [2.75, 3.05) is 20.7 Å². The number of rotatable bonds is 14. The van der Waals surface area contributed by atoms with Gasteiger partial charge in [0.1, 0.15) is 17.0 Å². The number of alkyl carbamates (subject to hydrolysis) is 1. The number of pyridine rings is 1. The van der Waals surface area contributed by atoms with Crippen molar-refractivity contribution in [1.82, 2.24) is 21.2 Å². The second kappa shape index (κ2) is 25.0. The number of aromatic nitrogens is 1. The summed E-state index contributed by atoms with van der Waals surface area (Å²) in [7, 11) is 3.48. The Morgan fingerprint density at radius 2 is 1.80 bits per heavy atom. The quantitative estimate of drug-likeness (QED) is 0.0683. The number of carbonyl (C=O) groups is 2. The lowest BCUT2D eigenvalue weighted by Gasteiger charge is -2.19. The molecule has 0 unspecified atom stereocenters. The number of nitrogens with one attached hydrogen (secondary N) is 3. The second-order valence-corrected chi connectivity index (χ2v) is 10.8. The molecule has 1 aromatic heterocycles. The number of ether oxygens (including phenoxy) is 2. The van der Waals surface area contributed by atoms with E-state index in [1.54, 1.807) is 32.4 Å². The highest BCUT2D eigenvalue weighted by atomic mass is 35.5. The Kier molecular flexibility index (Phi) is 23.1. The van der Waals surface area contributed by atoms with Crippen LogP contribution in [-0.2, 0) is 14.3 Å². The number of nitrogens with zero attached hydrogens (tertiary/aromatic N) is 1. The molecule has 1 atom stereocenters. The number of aliphatic carboxylic acids is 1. The zero-order valence-corrected chi connectivity index (χ0v) is 29.6. The summed E-state index contributed by atoms with van der Waals surface area (Å²) >= 11 is 6.11. The van der Waals surface area contributed by atoms with Gasteiger partial charge in [0.05, 0.1) is 18.7 Å². The molecule has 45 heavy (non-hydrogen) atoms. The largest absolute Gasteiger partial charge is 0.497 e. The van der Waals surface area contributed by atoms with E-state index in [1.165, 1.54) is 6.42 Å². The third-order valence-electron chi connectivity index (χ3n) is 7.06. The van der Waals surface area contributed by atoms with Crippen molar-refractivity contribution in [3.8, 4) is 0 Å². The zero-order valence-electron chi connectivity index (χ0n) is 28.9. The minimum atomic E-state index is -0.602. The number of allylic oxidation sites excluding steroid dienone is 5. The Bertz CT molecular complexity index is 1140. The molecular formula is C35H57ClN4O5. The van der Waals surface area contributed by atoms with Crippen molar-refractivity contribution < 1.29 is 24.2 Å². The summed E-state index contributed by atoms with van der Waals surface area (Å²) in [4.78, 5) is 26.9. The topological polar surface area (TPSA) is 122 Å². The normalized spacial score (nSPS) is 15.3. The first-order valence-corrected chi connectivity index (χ1v) is 16.5. The summed E-state index contributed by atoms with van der Waals surface area (Å²) < 4.78 is 11.0. The number of methoxy groups -OCH3 is 1. The highest BCUT2D eigenvalue weighted by molar-refractivity contribution is 6.30. The summed E-state index contributed by atoms with van der Waals surface area (Å²) in [5.74, 6) is 0.181. The average molecular weight is 649 g/mol. The maximum absolute atomic E-state index is 12.5. The average Bonchev–Trinajstić information content (AvgIpc) is 3.04. The standard InChI is InChI=1S/C26H39ClN4O3.C7H12O2.C2H6/c1-8-11-18(3)23(33-7)15-14-19(4)24(31-28-6)21(12-9-2)17-30-26(32)34-20(5)22-13-10-16-29-25(22)27;8-7(9)6-4-2-1-3-5-6;1-2/h10-11,13-16,20,28,31H,8-9,12,17H2,1-7H3,(H,30,32);6H,1-5H2,(H,8,9);1-2H3/b18-11+,19-14+,23-15+,24-21+;;/t20-;;/m1../s1. The van der Waals surface area contributed by atoms with Crippen molar-refractivity contribution >= 4 is 23.7 Å². The summed E-state index contributed by atoms with van der Waals surface area (Å²) in [5.41, 5.74) is 10.9. The SMILES string of the molecule is CC.CC/C=C(C)/C(=C\C=C(C)\C(NNC)=C(\CCC)CNC(=O)O[C@H](C)c1cccnc1Cl)OC.O=C(O)C1CCCCC1. The molecule has 1 aromatic rings. The Morgan fingerprint density at radius 1 is 1.13 bits per heavy atom. The lowest BCUT2D eigenvalue weighted by molar-refractivity contribution is -0.142. The van der Waals surface area contributed by atoms with E-state index in [4.69, 9.17) is 26.2 Å². The number of hydrogen-bond donors (Lipinski definition) is 4. The van der Waals surface area contributed by atoms with Crippen molar-refractivity contribution in [3.63, 3.8) is 0 Å². The van der Waals surface area contributed by atoms with E-state index in [-0.39, 0.29) is 5.92 Å². The molecule has 10 heteroatoms. The van der Waals surface area contributed by atoms with Crippen LogP contribution in [0.15, 0.2) is 64.7 Å². The highest BCUT2D eigenvalue weighted by Gasteiger charge is 2.19. The number of carboxylic acid groups (broad SMARTS) is 1. The van der Waals surface area contributed by atoms with Gasteiger partial charge >= 0.3 is 12.1 Å². The van der Waals surface area contributed by atoms with Crippen LogP contribution in [0, 0.1) is 5.92 Å². The molecule has 0 aliphatic heterocycles. The van der Waals surface area contributed by atoms with Crippen LogP contribution in [0.1, 0.15) is 112 Å². The Labute approximate surface area is 276 Å². The molecule has 1 aliphatic rings. The molecule has 0 saturated heterocycles. The molecule has 4 N–H and O–H groups in total. The summed E-state index contributed by atoms with van der Waals surface area (Å²) in [6.45, 7) is 14.3. The Morgan fingerprint density at radius 3 is 2.31 bits per heavy atom. The number of carboxylic acids is 1. The van der Waals surface area contributed by atoms with Gasteiger partial charge in [-0.3, -0.25) is 4.79 Å². The summed E-state index contributed by atoms with van der Waals surface area (Å²) in [6, 6.07) is 3.55. The number of carbonyl (C=O) groups excluding carboxylic acids is 1. The van der Waals surface area contributed by atoms with Crippen LogP contribution in [-0.4, -0.2) is 42.9 Å². The molecule has 0 aromatic carbocycles. The molecule has 9 nitrogen and oxygen atoms in total. The van der Waals surface area contributed by atoms with Gasteiger partial charge in [0.15, 0.2) is 0 Å². The molecule has 1 heterocycles. The van der Waals surface area contributed by atoms with Crippen LogP contribution < -0.4 is 16.2 Å². The number of amides is 1. The molecule has 1 aliphatic carbocycles. The molecular weight excluding hydrogens is 592 g/mol. The lowest BCUT2D eigenvalue weighted by atomic mass is 9.90. The van der Waals surface area contributed by atoms with Crippen molar-refractivity contribution in [2.24, 2.45) is 5.92 Å². The van der Waals surface area contributed by atoms with E-state index in [1.807, 2.05) is 46.9 Å². The van der Waals surface area contributed by atoms with E-state index >= 15 is 0 Å². The number of hydrazine groups is 1. The van der Waals surface area contributed by atoms with Gasteiger partial charge < -0.3 is 25.3 Å². The molecule has 254 valence electrons. The fraction of sp³-hybridized carbons (Fsp3) is 0.571. The van der Waals surface area contributed by atoms with E-state index in [0.29, 0.717) is 17.3 Å². The predicted molar refractivity (Wildman–Crippen MR) is 185 cm³/mol. The second-order valence-electron chi connectivity index (χ2n) is 10.4. The molecule has 1 fully saturated rings. The van der Waals surface area contributed by atoms with Crippen LogP contribution in [0.25, 0.3) is 0 Å². The molecule has 0 spiro atoms. The van der Waals surface area contributed by atoms with Gasteiger partial charge in [-0.05, 0) is 75.3 Å². The van der Waals surface area contributed by atoms with Crippen LogP contribution in [0.5, 0.6) is 0 Å². The van der Waals surface area contributed by atoms with Gasteiger partial charge in [-0.25, -0.2) is 15.2 Å². The van der Waals surface area contributed by atoms with Crippen LogP contribution in [0.2, 0.25) is 5.15 Å². The third-order valence-corrected chi connectivity index (χ3v) is 7.38. The van der Waals surface area contributed by atoms with E-state index in [0.717, 1.165) is 73.1 Å². The summed E-state index contributed by atoms with van der Waals surface area (Å²) in [5, 5.41) is 11.7. The molecule has 1 saturated carbocycles. The minimum absolute atomic E-state index is 0.0289. The van der Waals surface area contributed by atoms with Gasteiger partial charge in [-0.15, -0.1) is 0 Å². The highest BCUT2D eigenvalue weighted by Crippen LogP contribution is 2.24. The number of hydrogen-bond acceptors (Lipinski definition) is 7. The van der Waals surface area contributed by atoms with Gasteiger partial charge in [-0.2, -0.15) is 0 Å². The molecule has 2 rings (SSSR count). The zero-order chi connectivity index (χ0) is 34.2. The molecule has 0 radical (unpaired) electrons. The monoisotopic (exact) mass is 648 g/mol. The smallest absolute Gasteiger partial charge is 0.407 e. The summed E-state index contributed by atoms with van der Waals surface area (Å²) in [6.07, 6.45) is 14.5. The first kappa shape index (κ1) is 41.7. The van der Waals surface area contributed by atoms with Gasteiger partial charge in [0.25, 0.3) is 0 Å². The van der Waals surface area contributed by atoms with Crippen LogP contribution in [0.3, 0.4) is 0 Å². The van der Waals surface area contributed by atoms with Gasteiger partial charge in [0, 0.05) is 25.4 Å². The first-order chi connectivity index (χ1) is 21.6. The van der Waals surface area contributed by atoms with Gasteiger partial charge in [-0.1, -0.05) is 83.2 Å². The van der Waals surface area contributed by atoms with Crippen LogP contribution >= 0.6 is 11.6 Å². The lowest BCUT2D eigenvalue weighted by Crippen LogP contribution is -2.33. The van der Waals surface area contributed by atoms with Crippen molar-refractivity contribution in [1.29, 1.82) is 0 Å². The Balaban J connectivity index is 0.00000148. The Hall–Kier alpha value is -3.30. The van der Waals surface area contributed by atoms with E-state index in [9.17, 15) is 9.59 Å². The van der Waals surface area contributed by atoms with Crippen molar-refractivity contribution in [2.45, 2.75) is 106 Å². The fourth-order valence-corrected chi connectivity index (χ4v) is 5.01. The van der Waals surface area contributed by atoms with E-state index in [2.05, 4.69) is 41.1 Å². The maximum atomic E-state index is 12.5. The fourth-order valence-electron chi connectivity index (χ4n) is 4.74. The maximum Gasteiger partial charge on any atom is 0.407 e.